The van der Waals surface area contributed by atoms with Gasteiger partial charge in [0.25, 0.3) is 10.0 Å². The van der Waals surface area contributed by atoms with E-state index < -0.39 is 10.0 Å². The molecule has 120 valence electrons. The quantitative estimate of drug-likeness (QED) is 0.547. The molecule has 1 heterocycles. The Labute approximate surface area is 133 Å². The first-order valence-corrected chi connectivity index (χ1v) is 9.16. The lowest BCUT2D eigenvalue weighted by atomic mass is 9.88. The number of rotatable bonds is 8. The van der Waals surface area contributed by atoms with E-state index in [2.05, 4.69) is 20.2 Å². The first-order chi connectivity index (χ1) is 9.66. The molecule has 0 bridgehead atoms. The summed E-state index contributed by atoms with van der Waals surface area (Å²) in [6.45, 7) is 5.52. The highest BCUT2D eigenvalue weighted by Gasteiger charge is 2.25. The van der Waals surface area contributed by atoms with Gasteiger partial charge in [-0.15, -0.1) is 21.8 Å². The number of carbonyl (C=O) groups is 1. The van der Waals surface area contributed by atoms with Crippen LogP contribution in [-0.4, -0.2) is 36.9 Å². The van der Waals surface area contributed by atoms with Gasteiger partial charge >= 0.3 is 0 Å². The Kier molecular flexibility index (Phi) is 6.51. The molecule has 21 heavy (non-hydrogen) atoms. The van der Waals surface area contributed by atoms with Gasteiger partial charge < -0.3 is 5.32 Å². The van der Waals surface area contributed by atoms with Crippen molar-refractivity contribution < 1.29 is 13.2 Å². The predicted molar refractivity (Wildman–Crippen MR) is 83.1 cm³/mol. The third-order valence-electron chi connectivity index (χ3n) is 2.65. The van der Waals surface area contributed by atoms with Crippen LogP contribution in [0.15, 0.2) is 4.34 Å². The van der Waals surface area contributed by atoms with Crippen molar-refractivity contribution in [3.63, 3.8) is 0 Å². The number of carbonyl (C=O) groups excluding carboxylic acids is 1. The zero-order valence-corrected chi connectivity index (χ0v) is 14.5. The van der Waals surface area contributed by atoms with E-state index in [0.29, 0.717) is 5.88 Å². The van der Waals surface area contributed by atoms with E-state index in [1.54, 1.807) is 0 Å². The molecular weight excluding hydrogens is 336 g/mol. The Morgan fingerprint density at radius 3 is 2.62 bits per heavy atom. The van der Waals surface area contributed by atoms with Gasteiger partial charge in [-0.1, -0.05) is 25.2 Å². The van der Waals surface area contributed by atoms with Gasteiger partial charge in [-0.3, -0.25) is 4.79 Å². The number of alkyl halides is 1. The second kappa shape index (κ2) is 7.48. The van der Waals surface area contributed by atoms with Crippen LogP contribution in [0.4, 0.5) is 5.13 Å². The molecule has 0 atom stereocenters. The highest BCUT2D eigenvalue weighted by atomic mass is 35.5. The molecule has 1 rings (SSSR count). The molecule has 10 heteroatoms. The van der Waals surface area contributed by atoms with Gasteiger partial charge in [-0.2, -0.15) is 0 Å². The van der Waals surface area contributed by atoms with Gasteiger partial charge in [0, 0.05) is 19.3 Å². The first kappa shape index (κ1) is 18.3. The fourth-order valence-electron chi connectivity index (χ4n) is 1.51. The Bertz CT molecular complexity index is 586. The van der Waals surface area contributed by atoms with Gasteiger partial charge in [0.05, 0.1) is 0 Å². The average molecular weight is 355 g/mol. The summed E-state index contributed by atoms with van der Waals surface area (Å²) in [4.78, 5) is 10.9. The molecule has 1 aromatic rings. The fraction of sp³-hybridized carbons (Fsp3) is 0.727. The zero-order chi connectivity index (χ0) is 16.1. The summed E-state index contributed by atoms with van der Waals surface area (Å²) in [5.74, 6) is 0.220. The van der Waals surface area contributed by atoms with E-state index in [1.807, 2.05) is 13.8 Å². The number of anilines is 1. The predicted octanol–water partition coefficient (Wildman–Crippen LogP) is 1.82. The van der Waals surface area contributed by atoms with Gasteiger partial charge in [0.1, 0.15) is 0 Å². The number of halogens is 1. The third-order valence-corrected chi connectivity index (χ3v) is 5.52. The normalized spacial score (nSPS) is 12.4. The SMILES string of the molecule is CC(=O)Nc1nnc(S(=O)(=O)NCC(C)(C)CCCCl)s1. The summed E-state index contributed by atoms with van der Waals surface area (Å²) >= 11 is 6.46. The Hall–Kier alpha value is -0.770. The number of aromatic nitrogens is 2. The van der Waals surface area contributed by atoms with E-state index in [0.717, 1.165) is 24.2 Å². The average Bonchev–Trinajstić information content (AvgIpc) is 2.83. The molecule has 0 saturated heterocycles. The Morgan fingerprint density at radius 2 is 2.05 bits per heavy atom. The van der Waals surface area contributed by atoms with Crippen LogP contribution in [0.3, 0.4) is 0 Å². The van der Waals surface area contributed by atoms with E-state index in [1.165, 1.54) is 6.92 Å². The number of nitrogens with zero attached hydrogens (tertiary/aromatic N) is 2. The van der Waals surface area contributed by atoms with Crippen molar-refractivity contribution in [1.82, 2.24) is 14.9 Å². The summed E-state index contributed by atoms with van der Waals surface area (Å²) in [5.41, 5.74) is -0.201. The number of sulfonamides is 1. The van der Waals surface area contributed by atoms with Crippen molar-refractivity contribution >= 4 is 44.0 Å². The first-order valence-electron chi connectivity index (χ1n) is 6.33. The van der Waals surface area contributed by atoms with Crippen molar-refractivity contribution in [3.8, 4) is 0 Å². The molecule has 0 saturated carbocycles. The van der Waals surface area contributed by atoms with Gasteiger partial charge in [-0.05, 0) is 18.3 Å². The minimum absolute atomic E-state index is 0.157. The summed E-state index contributed by atoms with van der Waals surface area (Å²) in [7, 11) is -3.72. The fourth-order valence-corrected chi connectivity index (χ4v) is 3.87. The number of nitrogens with one attached hydrogen (secondary N) is 2. The van der Waals surface area contributed by atoms with Gasteiger partial charge in [0.15, 0.2) is 0 Å². The maximum atomic E-state index is 12.1. The summed E-state index contributed by atoms with van der Waals surface area (Å²) in [6, 6.07) is 0. The molecule has 2 N–H and O–H groups in total. The zero-order valence-electron chi connectivity index (χ0n) is 12.1. The largest absolute Gasteiger partial charge is 0.301 e. The minimum Gasteiger partial charge on any atom is -0.301 e. The molecule has 0 aliphatic carbocycles. The van der Waals surface area contributed by atoms with Crippen LogP contribution in [0.5, 0.6) is 0 Å². The molecule has 0 radical (unpaired) electrons. The summed E-state index contributed by atoms with van der Waals surface area (Å²) < 4.78 is 26.6. The van der Waals surface area contributed by atoms with Crippen molar-refractivity contribution in [2.45, 2.75) is 38.0 Å². The molecule has 0 aliphatic rings. The molecule has 0 aliphatic heterocycles. The Balaban J connectivity index is 2.69. The Morgan fingerprint density at radius 1 is 1.38 bits per heavy atom. The molecule has 0 fully saturated rings. The van der Waals surface area contributed by atoms with E-state index in [-0.39, 0.29) is 27.3 Å². The molecule has 1 aromatic heterocycles. The van der Waals surface area contributed by atoms with Crippen LogP contribution in [0.2, 0.25) is 0 Å². The summed E-state index contributed by atoms with van der Waals surface area (Å²) in [5, 5.41) is 9.76. The maximum Gasteiger partial charge on any atom is 0.269 e. The van der Waals surface area contributed by atoms with Crippen LogP contribution in [0.1, 0.15) is 33.6 Å². The topological polar surface area (TPSA) is 101 Å². The molecule has 7 nitrogen and oxygen atoms in total. The van der Waals surface area contributed by atoms with Crippen LogP contribution in [0, 0.1) is 5.41 Å². The van der Waals surface area contributed by atoms with E-state index in [4.69, 9.17) is 11.6 Å². The molecule has 0 aromatic carbocycles. The van der Waals surface area contributed by atoms with Crippen LogP contribution in [-0.2, 0) is 14.8 Å². The minimum atomic E-state index is -3.72. The van der Waals surface area contributed by atoms with Gasteiger partial charge in [-0.25, -0.2) is 13.1 Å². The van der Waals surface area contributed by atoms with Crippen LogP contribution in [0.25, 0.3) is 0 Å². The van der Waals surface area contributed by atoms with Gasteiger partial charge in [0.2, 0.25) is 15.4 Å². The number of amides is 1. The lowest BCUT2D eigenvalue weighted by molar-refractivity contribution is -0.114. The van der Waals surface area contributed by atoms with Crippen molar-refractivity contribution in [2.24, 2.45) is 5.41 Å². The molecule has 1 amide bonds. The maximum absolute atomic E-state index is 12.1. The lowest BCUT2D eigenvalue weighted by Gasteiger charge is -2.24. The smallest absolute Gasteiger partial charge is 0.269 e. The summed E-state index contributed by atoms with van der Waals surface area (Å²) in [6.07, 6.45) is 1.63. The van der Waals surface area contributed by atoms with Crippen molar-refractivity contribution in [3.05, 3.63) is 0 Å². The monoisotopic (exact) mass is 354 g/mol. The highest BCUT2D eigenvalue weighted by Crippen LogP contribution is 2.24. The van der Waals surface area contributed by atoms with Crippen LogP contribution >= 0.6 is 22.9 Å². The van der Waals surface area contributed by atoms with Crippen molar-refractivity contribution in [2.75, 3.05) is 17.7 Å². The second-order valence-corrected chi connectivity index (χ2v) is 8.63. The molecule has 0 spiro atoms. The van der Waals surface area contributed by atoms with E-state index in [9.17, 15) is 13.2 Å². The molecule has 0 unspecified atom stereocenters. The number of hydrogen-bond acceptors (Lipinski definition) is 6. The third kappa shape index (κ3) is 6.25. The number of hydrogen-bond donors (Lipinski definition) is 2. The highest BCUT2D eigenvalue weighted by molar-refractivity contribution is 7.91. The van der Waals surface area contributed by atoms with Crippen molar-refractivity contribution in [1.29, 1.82) is 0 Å². The molecular formula is C11H19ClN4O3S2. The second-order valence-electron chi connectivity index (χ2n) is 5.34. The van der Waals surface area contributed by atoms with Crippen LogP contribution < -0.4 is 10.0 Å². The standard InChI is InChI=1S/C11H19ClN4O3S2/c1-8(17)14-9-15-16-10(20-9)21(18,19)13-7-11(2,3)5-4-6-12/h13H,4-7H2,1-3H3,(H,14,15,17). The van der Waals surface area contributed by atoms with E-state index >= 15 is 0 Å². The lowest BCUT2D eigenvalue weighted by Crippen LogP contribution is -2.34.